The van der Waals surface area contributed by atoms with Crippen molar-refractivity contribution in [1.29, 1.82) is 0 Å². The summed E-state index contributed by atoms with van der Waals surface area (Å²) in [6.07, 6.45) is -6.03. The topological polar surface area (TPSA) is 60.9 Å². The van der Waals surface area contributed by atoms with Gasteiger partial charge >= 0.3 is 6.18 Å². The quantitative estimate of drug-likeness (QED) is 0.853. The zero-order valence-electron chi connectivity index (χ0n) is 12.6. The first-order chi connectivity index (χ1) is 10.5. The Labute approximate surface area is 129 Å². The number of aryl methyl sites for hydroxylation is 2. The molecule has 0 radical (unpaired) electrons. The lowest BCUT2D eigenvalue weighted by Crippen LogP contribution is -2.27. The summed E-state index contributed by atoms with van der Waals surface area (Å²) in [5.74, 6) is -4.01. The van der Waals surface area contributed by atoms with Crippen LogP contribution < -0.4 is 5.73 Å². The molecule has 1 amide bonds. The van der Waals surface area contributed by atoms with Gasteiger partial charge in [0.05, 0.1) is 23.4 Å². The van der Waals surface area contributed by atoms with Gasteiger partial charge in [-0.05, 0) is 19.8 Å². The fraction of sp³-hybridized carbons (Fsp3) is 0.714. The van der Waals surface area contributed by atoms with Gasteiger partial charge in [0.2, 0.25) is 5.92 Å². The van der Waals surface area contributed by atoms with Crippen molar-refractivity contribution in [1.82, 2.24) is 9.78 Å². The first kappa shape index (κ1) is 17.7. The zero-order valence-corrected chi connectivity index (χ0v) is 12.6. The van der Waals surface area contributed by atoms with Gasteiger partial charge in [0.1, 0.15) is 0 Å². The van der Waals surface area contributed by atoms with Gasteiger partial charge < -0.3 is 5.73 Å². The van der Waals surface area contributed by atoms with Crippen molar-refractivity contribution in [2.75, 3.05) is 0 Å². The molecule has 0 aromatic carbocycles. The number of hydrogen-bond donors (Lipinski definition) is 1. The number of rotatable bonds is 4. The van der Waals surface area contributed by atoms with Gasteiger partial charge in [-0.3, -0.25) is 9.48 Å². The van der Waals surface area contributed by atoms with Crippen LogP contribution in [0, 0.1) is 6.92 Å². The van der Waals surface area contributed by atoms with Crippen molar-refractivity contribution < 1.29 is 26.7 Å². The predicted octanol–water partition coefficient (Wildman–Crippen LogP) is 3.54. The first-order valence-corrected chi connectivity index (χ1v) is 7.32. The molecule has 1 heterocycles. The van der Waals surface area contributed by atoms with Crippen molar-refractivity contribution in [3.05, 3.63) is 17.0 Å². The SMILES string of the molecule is Cc1nn(CCC(F)(F)F)c(C2CCC(F)(F)CC2)c1C(N)=O. The molecule has 1 aromatic heterocycles. The second-order valence-corrected chi connectivity index (χ2v) is 5.93. The van der Waals surface area contributed by atoms with E-state index in [-0.39, 0.29) is 42.6 Å². The molecular formula is C14H18F5N3O. The Morgan fingerprint density at radius 1 is 1.35 bits per heavy atom. The van der Waals surface area contributed by atoms with Crippen LogP contribution >= 0.6 is 0 Å². The van der Waals surface area contributed by atoms with Crippen molar-refractivity contribution in [2.24, 2.45) is 5.73 Å². The number of amides is 1. The Morgan fingerprint density at radius 2 is 1.91 bits per heavy atom. The Bertz CT molecular complexity index is 584. The molecule has 0 bridgehead atoms. The molecule has 4 nitrogen and oxygen atoms in total. The zero-order chi connectivity index (χ0) is 17.4. The molecular weight excluding hydrogens is 321 g/mol. The highest BCUT2D eigenvalue weighted by molar-refractivity contribution is 5.95. The highest BCUT2D eigenvalue weighted by atomic mass is 19.4. The number of primary amides is 1. The van der Waals surface area contributed by atoms with Crippen LogP contribution in [0.2, 0.25) is 0 Å². The van der Waals surface area contributed by atoms with Gasteiger partial charge in [-0.1, -0.05) is 0 Å². The second-order valence-electron chi connectivity index (χ2n) is 5.93. The van der Waals surface area contributed by atoms with E-state index >= 15 is 0 Å². The number of nitrogens with two attached hydrogens (primary N) is 1. The highest BCUT2D eigenvalue weighted by Gasteiger charge is 2.38. The molecule has 1 saturated carbocycles. The van der Waals surface area contributed by atoms with E-state index in [2.05, 4.69) is 5.10 Å². The van der Waals surface area contributed by atoms with Crippen LogP contribution in [0.3, 0.4) is 0 Å². The summed E-state index contributed by atoms with van der Waals surface area (Å²) < 4.78 is 65.1. The summed E-state index contributed by atoms with van der Waals surface area (Å²) in [5.41, 5.74) is 5.85. The van der Waals surface area contributed by atoms with Crippen molar-refractivity contribution >= 4 is 5.91 Å². The van der Waals surface area contributed by atoms with Crippen molar-refractivity contribution in [2.45, 2.75) is 63.6 Å². The minimum Gasteiger partial charge on any atom is -0.365 e. The minimum atomic E-state index is -4.37. The van der Waals surface area contributed by atoms with E-state index in [9.17, 15) is 26.7 Å². The molecule has 2 rings (SSSR count). The van der Waals surface area contributed by atoms with Crippen molar-refractivity contribution in [3.8, 4) is 0 Å². The molecule has 1 aliphatic carbocycles. The minimum absolute atomic E-state index is 0.0578. The van der Waals surface area contributed by atoms with Gasteiger partial charge in [-0.15, -0.1) is 0 Å². The van der Waals surface area contributed by atoms with E-state index < -0.39 is 36.9 Å². The van der Waals surface area contributed by atoms with Gasteiger partial charge in [-0.25, -0.2) is 8.78 Å². The molecule has 1 aromatic rings. The molecule has 0 unspecified atom stereocenters. The molecule has 0 atom stereocenters. The lowest BCUT2D eigenvalue weighted by molar-refractivity contribution is -0.137. The monoisotopic (exact) mass is 339 g/mol. The summed E-state index contributed by atoms with van der Waals surface area (Å²) >= 11 is 0. The lowest BCUT2D eigenvalue weighted by atomic mass is 9.83. The number of aromatic nitrogens is 2. The average molecular weight is 339 g/mol. The van der Waals surface area contributed by atoms with Crippen molar-refractivity contribution in [3.63, 3.8) is 0 Å². The average Bonchev–Trinajstić information content (AvgIpc) is 2.72. The normalized spacial score (nSPS) is 19.0. The highest BCUT2D eigenvalue weighted by Crippen LogP contribution is 2.42. The van der Waals surface area contributed by atoms with Crippen LogP contribution in [0.15, 0.2) is 0 Å². The Kier molecular flexibility index (Phi) is 4.68. The van der Waals surface area contributed by atoms with Gasteiger partial charge in [0.25, 0.3) is 5.91 Å². The number of alkyl halides is 5. The molecule has 2 N–H and O–H groups in total. The third-order valence-electron chi connectivity index (χ3n) is 4.12. The standard InChI is InChI=1S/C14H18F5N3O/c1-8-10(12(20)23)11(9-2-4-13(15,16)5-3-9)22(21-8)7-6-14(17,18)19/h9H,2-7H2,1H3,(H2,20,23). The van der Waals surface area contributed by atoms with Gasteiger partial charge in [0, 0.05) is 25.3 Å². The van der Waals surface area contributed by atoms with E-state index in [1.165, 1.54) is 6.92 Å². The summed E-state index contributed by atoms with van der Waals surface area (Å²) in [7, 11) is 0. The largest absolute Gasteiger partial charge is 0.390 e. The van der Waals surface area contributed by atoms with E-state index in [1.54, 1.807) is 0 Å². The van der Waals surface area contributed by atoms with Crippen LogP contribution in [0.25, 0.3) is 0 Å². The second kappa shape index (κ2) is 6.09. The van der Waals surface area contributed by atoms with Crippen LogP contribution in [-0.2, 0) is 6.54 Å². The van der Waals surface area contributed by atoms with Crippen LogP contribution in [0.1, 0.15) is 59.8 Å². The fourth-order valence-corrected chi connectivity index (χ4v) is 3.04. The maximum absolute atomic E-state index is 13.3. The van der Waals surface area contributed by atoms with Gasteiger partial charge in [0.15, 0.2) is 0 Å². The predicted molar refractivity (Wildman–Crippen MR) is 72.3 cm³/mol. The Morgan fingerprint density at radius 3 is 2.39 bits per heavy atom. The third kappa shape index (κ3) is 4.20. The molecule has 23 heavy (non-hydrogen) atoms. The molecule has 1 aliphatic rings. The third-order valence-corrected chi connectivity index (χ3v) is 4.12. The maximum Gasteiger partial charge on any atom is 0.390 e. The van der Waals surface area contributed by atoms with Crippen LogP contribution in [0.4, 0.5) is 22.0 Å². The molecule has 0 saturated heterocycles. The molecule has 9 heteroatoms. The molecule has 0 aliphatic heterocycles. The fourth-order valence-electron chi connectivity index (χ4n) is 3.04. The summed E-state index contributed by atoms with van der Waals surface area (Å²) in [6, 6.07) is 0. The number of hydrogen-bond acceptors (Lipinski definition) is 2. The number of nitrogens with zero attached hydrogens (tertiary/aromatic N) is 2. The summed E-state index contributed by atoms with van der Waals surface area (Å²) in [4.78, 5) is 11.6. The van der Waals surface area contributed by atoms with Gasteiger partial charge in [-0.2, -0.15) is 18.3 Å². The van der Waals surface area contributed by atoms with E-state index in [0.29, 0.717) is 0 Å². The molecule has 1 fully saturated rings. The van der Waals surface area contributed by atoms with Crippen LogP contribution in [-0.4, -0.2) is 27.8 Å². The number of halogens is 5. The smallest absolute Gasteiger partial charge is 0.365 e. The number of carbonyl (C=O) groups excluding carboxylic acids is 1. The molecule has 0 spiro atoms. The summed E-state index contributed by atoms with van der Waals surface area (Å²) in [5, 5.41) is 3.97. The Hall–Kier alpha value is -1.67. The summed E-state index contributed by atoms with van der Waals surface area (Å²) in [6.45, 7) is 1.02. The van der Waals surface area contributed by atoms with E-state index in [0.717, 1.165) is 4.68 Å². The number of carbonyl (C=O) groups is 1. The Balaban J connectivity index is 2.33. The molecule has 130 valence electrons. The van der Waals surface area contributed by atoms with Crippen LogP contribution in [0.5, 0.6) is 0 Å². The van der Waals surface area contributed by atoms with E-state index in [1.807, 2.05) is 0 Å². The van der Waals surface area contributed by atoms with E-state index in [4.69, 9.17) is 5.73 Å². The first-order valence-electron chi connectivity index (χ1n) is 7.32. The maximum atomic E-state index is 13.3. The lowest BCUT2D eigenvalue weighted by Gasteiger charge is -2.29.